The molecular weight excluding hydrogens is 482 g/mol. The molecule has 0 bridgehead atoms. The summed E-state index contributed by atoms with van der Waals surface area (Å²) in [5.41, 5.74) is 5.17. The molecule has 2 aromatic rings. The minimum atomic E-state index is -0.488. The molecule has 0 saturated heterocycles. The number of hydrogen-bond acceptors (Lipinski definition) is 5. The highest BCUT2D eigenvalue weighted by molar-refractivity contribution is 9.10. The summed E-state index contributed by atoms with van der Waals surface area (Å²) in [4.78, 5) is 24.1. The number of ether oxygens (including phenoxy) is 2. The van der Waals surface area contributed by atoms with Crippen molar-refractivity contribution in [1.82, 2.24) is 16.2 Å². The molecule has 10 heteroatoms. The van der Waals surface area contributed by atoms with Crippen LogP contribution in [0.25, 0.3) is 0 Å². The maximum Gasteiger partial charge on any atom is 0.276 e. The van der Waals surface area contributed by atoms with Crippen LogP contribution in [0.1, 0.15) is 23.7 Å². The number of hydrazine groups is 1. The number of carbonyl (C=O) groups excluding carboxylic acids is 2. The third-order valence-corrected chi connectivity index (χ3v) is 4.42. The molecule has 0 heterocycles. The monoisotopic (exact) mass is 499 g/mol. The van der Waals surface area contributed by atoms with Gasteiger partial charge < -0.3 is 9.47 Å². The van der Waals surface area contributed by atoms with Crippen LogP contribution in [0.4, 0.5) is 0 Å². The number of nitrogens with one attached hydrogen (secondary N) is 3. The fourth-order valence-electron chi connectivity index (χ4n) is 2.05. The summed E-state index contributed by atoms with van der Waals surface area (Å²) in [6, 6.07) is 11.7. The number of benzene rings is 2. The van der Waals surface area contributed by atoms with Gasteiger partial charge in [0.15, 0.2) is 11.7 Å². The van der Waals surface area contributed by atoms with Crippen LogP contribution in [0.3, 0.4) is 0 Å². The van der Waals surface area contributed by atoms with E-state index in [1.165, 1.54) is 0 Å². The summed E-state index contributed by atoms with van der Waals surface area (Å²) in [5.74, 6) is 0.140. The molecule has 0 fully saturated rings. The lowest BCUT2D eigenvalue weighted by Crippen LogP contribution is -2.49. The van der Waals surface area contributed by atoms with Gasteiger partial charge in [0.2, 0.25) is 0 Å². The van der Waals surface area contributed by atoms with Crippen molar-refractivity contribution >= 4 is 56.7 Å². The van der Waals surface area contributed by atoms with Crippen LogP contribution in [0.15, 0.2) is 46.9 Å². The molecule has 0 aliphatic heterocycles. The molecule has 0 aliphatic rings. The van der Waals surface area contributed by atoms with Crippen molar-refractivity contribution in [1.29, 1.82) is 0 Å². The van der Waals surface area contributed by atoms with Gasteiger partial charge in [0.25, 0.3) is 11.8 Å². The fourth-order valence-corrected chi connectivity index (χ4v) is 2.99. The van der Waals surface area contributed by atoms with Gasteiger partial charge in [0.1, 0.15) is 11.5 Å². The fraction of sp³-hybridized carbons (Fsp3) is 0.211. The van der Waals surface area contributed by atoms with Crippen molar-refractivity contribution in [3.8, 4) is 11.5 Å². The van der Waals surface area contributed by atoms with Crippen molar-refractivity contribution in [2.45, 2.75) is 13.3 Å². The van der Waals surface area contributed by atoms with Gasteiger partial charge in [-0.25, -0.2) is 0 Å². The molecule has 2 amide bonds. The van der Waals surface area contributed by atoms with Crippen LogP contribution in [-0.2, 0) is 4.79 Å². The van der Waals surface area contributed by atoms with Crippen LogP contribution in [0, 0.1) is 0 Å². The van der Waals surface area contributed by atoms with Crippen LogP contribution < -0.4 is 25.6 Å². The molecular formula is C19H19BrClN3O4S. The quantitative estimate of drug-likeness (QED) is 0.398. The molecule has 0 spiro atoms. The number of halogens is 2. The molecule has 7 nitrogen and oxygen atoms in total. The zero-order valence-corrected chi connectivity index (χ0v) is 18.6. The van der Waals surface area contributed by atoms with E-state index in [9.17, 15) is 9.59 Å². The molecule has 0 unspecified atom stereocenters. The predicted octanol–water partition coefficient (Wildman–Crippen LogP) is 3.61. The SMILES string of the molecule is CCCOc1cccc(C(=O)NC(=S)NNC(=O)COc2ccc(Cl)cc2Br)c1. The molecule has 0 saturated carbocycles. The Morgan fingerprint density at radius 3 is 2.66 bits per heavy atom. The molecule has 29 heavy (non-hydrogen) atoms. The Morgan fingerprint density at radius 2 is 1.93 bits per heavy atom. The van der Waals surface area contributed by atoms with Gasteiger partial charge in [-0.2, -0.15) is 0 Å². The average Bonchev–Trinajstić information content (AvgIpc) is 2.70. The minimum absolute atomic E-state index is 0.0593. The summed E-state index contributed by atoms with van der Waals surface area (Å²) in [7, 11) is 0. The molecule has 0 atom stereocenters. The van der Waals surface area contributed by atoms with Gasteiger partial charge in [0, 0.05) is 10.6 Å². The van der Waals surface area contributed by atoms with E-state index in [4.69, 9.17) is 33.3 Å². The first-order chi connectivity index (χ1) is 13.9. The second-order valence-corrected chi connectivity index (χ2v) is 7.40. The van der Waals surface area contributed by atoms with Crippen molar-refractivity contribution in [2.75, 3.05) is 13.2 Å². The molecule has 2 aromatic carbocycles. The summed E-state index contributed by atoms with van der Waals surface area (Å²) >= 11 is 14.2. The average molecular weight is 501 g/mol. The van der Waals surface area contributed by atoms with Crippen LogP contribution in [0.2, 0.25) is 5.02 Å². The van der Waals surface area contributed by atoms with Crippen molar-refractivity contribution in [3.63, 3.8) is 0 Å². The first kappa shape index (κ1) is 22.9. The van der Waals surface area contributed by atoms with E-state index >= 15 is 0 Å². The number of rotatable bonds is 7. The standard InChI is InChI=1S/C19H19BrClN3O4S/c1-2-8-27-14-5-3-4-12(9-14)18(26)22-19(29)24-23-17(25)11-28-16-7-6-13(21)10-15(16)20/h3-7,9-10H,2,8,11H2,1H3,(H,23,25)(H2,22,24,26,29). The lowest BCUT2D eigenvalue weighted by Gasteiger charge is -2.12. The van der Waals surface area contributed by atoms with Gasteiger partial charge in [-0.15, -0.1) is 0 Å². The van der Waals surface area contributed by atoms with Crippen molar-refractivity contribution in [3.05, 3.63) is 57.5 Å². The van der Waals surface area contributed by atoms with Crippen molar-refractivity contribution < 1.29 is 19.1 Å². The summed E-state index contributed by atoms with van der Waals surface area (Å²) in [6.07, 6.45) is 0.864. The minimum Gasteiger partial charge on any atom is -0.494 e. The zero-order valence-electron chi connectivity index (χ0n) is 15.5. The second-order valence-electron chi connectivity index (χ2n) is 5.70. The van der Waals surface area contributed by atoms with Gasteiger partial charge in [-0.1, -0.05) is 24.6 Å². The molecule has 0 aliphatic carbocycles. The van der Waals surface area contributed by atoms with Gasteiger partial charge in [-0.05, 0) is 71.0 Å². The van der Waals surface area contributed by atoms with Gasteiger partial charge in [-0.3, -0.25) is 25.8 Å². The maximum atomic E-state index is 12.3. The lowest BCUT2D eigenvalue weighted by molar-refractivity contribution is -0.123. The normalized spacial score (nSPS) is 10.0. The van der Waals surface area contributed by atoms with Gasteiger partial charge in [0.05, 0.1) is 11.1 Å². The highest BCUT2D eigenvalue weighted by atomic mass is 79.9. The molecule has 0 aromatic heterocycles. The Kier molecular flexibility index (Phi) is 9.17. The topological polar surface area (TPSA) is 88.7 Å². The molecule has 3 N–H and O–H groups in total. The number of hydrogen-bond donors (Lipinski definition) is 3. The van der Waals surface area contributed by atoms with Crippen LogP contribution in [0.5, 0.6) is 11.5 Å². The summed E-state index contributed by atoms with van der Waals surface area (Å²) < 4.78 is 11.5. The third kappa shape index (κ3) is 7.88. The molecule has 2 rings (SSSR count). The highest BCUT2D eigenvalue weighted by Gasteiger charge is 2.10. The van der Waals surface area contributed by atoms with Gasteiger partial charge >= 0.3 is 0 Å². The largest absolute Gasteiger partial charge is 0.494 e. The van der Waals surface area contributed by atoms with Crippen LogP contribution >= 0.6 is 39.7 Å². The highest BCUT2D eigenvalue weighted by Crippen LogP contribution is 2.27. The third-order valence-electron chi connectivity index (χ3n) is 3.36. The molecule has 154 valence electrons. The second kappa shape index (κ2) is 11.6. The van der Waals surface area contributed by atoms with E-state index in [2.05, 4.69) is 32.1 Å². The maximum absolute atomic E-state index is 12.3. The Balaban J connectivity index is 1.77. The van der Waals surface area contributed by atoms with E-state index in [0.717, 1.165) is 6.42 Å². The first-order valence-electron chi connectivity index (χ1n) is 8.60. The molecule has 0 radical (unpaired) electrons. The predicted molar refractivity (Wildman–Crippen MR) is 118 cm³/mol. The zero-order chi connectivity index (χ0) is 21.2. The lowest BCUT2D eigenvalue weighted by atomic mass is 10.2. The Hall–Kier alpha value is -2.36. The number of carbonyl (C=O) groups is 2. The Bertz CT molecular complexity index is 898. The summed E-state index contributed by atoms with van der Waals surface area (Å²) in [5, 5.41) is 2.95. The Labute approximate surface area is 187 Å². The van der Waals surface area contributed by atoms with E-state index in [1.54, 1.807) is 42.5 Å². The van der Waals surface area contributed by atoms with E-state index < -0.39 is 11.8 Å². The van der Waals surface area contributed by atoms with Crippen molar-refractivity contribution in [2.24, 2.45) is 0 Å². The van der Waals surface area contributed by atoms with E-state index in [-0.39, 0.29) is 11.7 Å². The Morgan fingerprint density at radius 1 is 1.14 bits per heavy atom. The van der Waals surface area contributed by atoms with Crippen LogP contribution in [-0.4, -0.2) is 30.1 Å². The smallest absolute Gasteiger partial charge is 0.276 e. The first-order valence-corrected chi connectivity index (χ1v) is 10.2. The van der Waals surface area contributed by atoms with E-state index in [1.807, 2.05) is 6.92 Å². The summed E-state index contributed by atoms with van der Waals surface area (Å²) in [6.45, 7) is 2.29. The van der Waals surface area contributed by atoms with E-state index in [0.29, 0.717) is 33.2 Å². The number of amides is 2. The number of thiocarbonyl (C=S) groups is 1.